The summed E-state index contributed by atoms with van der Waals surface area (Å²) in [6.45, 7) is 8.25. The fraction of sp³-hybridized carbons (Fsp3) is 0.600. The van der Waals surface area contributed by atoms with Crippen LogP contribution in [0.25, 0.3) is 0 Å². The van der Waals surface area contributed by atoms with Gasteiger partial charge < -0.3 is 9.05 Å². The van der Waals surface area contributed by atoms with Crippen LogP contribution in [0.3, 0.4) is 0 Å². The molecule has 0 fully saturated rings. The molecule has 0 aliphatic heterocycles. The van der Waals surface area contributed by atoms with E-state index < -0.39 is 13.4 Å². The molecule has 1 aromatic rings. The van der Waals surface area contributed by atoms with Crippen molar-refractivity contribution in [1.29, 1.82) is 0 Å². The van der Waals surface area contributed by atoms with Gasteiger partial charge in [-0.2, -0.15) is 0 Å². The number of benzene rings is 1. The van der Waals surface area contributed by atoms with E-state index >= 15 is 0 Å². The third kappa shape index (κ3) is 4.62. The van der Waals surface area contributed by atoms with Crippen LogP contribution in [0.15, 0.2) is 24.3 Å². The van der Waals surface area contributed by atoms with Crippen LogP contribution in [-0.2, 0) is 13.6 Å². The molecule has 0 aliphatic carbocycles. The summed E-state index contributed by atoms with van der Waals surface area (Å²) in [4.78, 5) is 0. The summed E-state index contributed by atoms with van der Waals surface area (Å²) >= 11 is 0. The highest BCUT2D eigenvalue weighted by Crippen LogP contribution is 2.58. The van der Waals surface area contributed by atoms with Crippen molar-refractivity contribution in [2.45, 2.75) is 39.5 Å². The molecule has 1 rings (SSSR count). The van der Waals surface area contributed by atoms with Crippen molar-refractivity contribution in [2.75, 3.05) is 14.2 Å². The molecule has 1 unspecified atom stereocenters. The Morgan fingerprint density at radius 3 is 2.00 bits per heavy atom. The van der Waals surface area contributed by atoms with Gasteiger partial charge in [0, 0.05) is 20.3 Å². The van der Waals surface area contributed by atoms with Crippen molar-refractivity contribution in [3.05, 3.63) is 35.6 Å². The molecule has 0 aromatic heterocycles. The maximum Gasteiger partial charge on any atom is 0.351 e. The van der Waals surface area contributed by atoms with Crippen molar-refractivity contribution in [1.82, 2.24) is 5.32 Å². The number of nitrogens with one attached hydrogen (secondary N) is 1. The van der Waals surface area contributed by atoms with E-state index in [0.717, 1.165) is 0 Å². The number of rotatable bonds is 6. The van der Waals surface area contributed by atoms with Crippen LogP contribution in [0, 0.1) is 11.2 Å². The van der Waals surface area contributed by atoms with E-state index in [1.807, 2.05) is 6.92 Å². The first-order valence-corrected chi connectivity index (χ1v) is 8.48. The van der Waals surface area contributed by atoms with Crippen molar-refractivity contribution >= 4 is 7.60 Å². The summed E-state index contributed by atoms with van der Waals surface area (Å²) in [6.07, 6.45) is 0. The Morgan fingerprint density at radius 2 is 1.62 bits per heavy atom. The lowest BCUT2D eigenvalue weighted by Crippen LogP contribution is -2.40. The van der Waals surface area contributed by atoms with E-state index in [1.54, 1.807) is 12.1 Å². The Balaban J connectivity index is 3.18. The number of hydrogen-bond acceptors (Lipinski definition) is 4. The Morgan fingerprint density at radius 1 is 1.14 bits per heavy atom. The highest BCUT2D eigenvalue weighted by atomic mass is 31.2. The summed E-state index contributed by atoms with van der Waals surface area (Å²) in [5.41, 5.74) is 0.629. The molecule has 2 atom stereocenters. The zero-order valence-corrected chi connectivity index (χ0v) is 14.4. The average Bonchev–Trinajstić information content (AvgIpc) is 2.43. The Bertz CT molecular complexity index is 491. The molecule has 4 nitrogen and oxygen atoms in total. The molecular formula is C15H25FNO3P. The molecule has 0 amide bonds. The molecule has 0 aliphatic rings. The first-order chi connectivity index (χ1) is 9.64. The molecule has 1 N–H and O–H groups in total. The Labute approximate surface area is 126 Å². The minimum atomic E-state index is -3.39. The van der Waals surface area contributed by atoms with Crippen molar-refractivity contribution in [3.63, 3.8) is 0 Å². The van der Waals surface area contributed by atoms with Crippen LogP contribution in [-0.4, -0.2) is 20.3 Å². The zero-order chi connectivity index (χ0) is 16.3. The van der Waals surface area contributed by atoms with E-state index in [9.17, 15) is 8.96 Å². The van der Waals surface area contributed by atoms with E-state index in [0.29, 0.717) is 5.56 Å². The lowest BCUT2D eigenvalue weighted by atomic mass is 9.88. The van der Waals surface area contributed by atoms with E-state index in [2.05, 4.69) is 26.1 Å². The van der Waals surface area contributed by atoms with Crippen LogP contribution in [0.5, 0.6) is 0 Å². The predicted molar refractivity (Wildman–Crippen MR) is 82.8 cm³/mol. The second kappa shape index (κ2) is 7.01. The number of hydrogen-bond donors (Lipinski definition) is 1. The molecule has 21 heavy (non-hydrogen) atoms. The van der Waals surface area contributed by atoms with Gasteiger partial charge in [-0.15, -0.1) is 0 Å². The summed E-state index contributed by atoms with van der Waals surface area (Å²) in [6, 6.07) is 5.90. The van der Waals surface area contributed by atoms with Gasteiger partial charge in [0.15, 0.2) is 0 Å². The highest BCUT2D eigenvalue weighted by Gasteiger charge is 2.38. The van der Waals surface area contributed by atoms with Gasteiger partial charge in [-0.1, -0.05) is 32.9 Å². The SMILES string of the molecule is COP(=O)(OC)C(N[C@@H](C)C(C)(C)C)c1ccc(F)cc1. The molecule has 0 saturated carbocycles. The summed E-state index contributed by atoms with van der Waals surface area (Å²) in [5, 5.41) is 3.30. The van der Waals surface area contributed by atoms with Gasteiger partial charge in [-0.05, 0) is 30.0 Å². The van der Waals surface area contributed by atoms with Gasteiger partial charge in [0.2, 0.25) is 0 Å². The fourth-order valence-corrected chi connectivity index (χ4v) is 3.30. The third-order valence-electron chi connectivity index (χ3n) is 3.72. The maximum absolute atomic E-state index is 13.1. The summed E-state index contributed by atoms with van der Waals surface area (Å²) in [5.74, 6) is -0.992. The second-order valence-corrected chi connectivity index (χ2v) is 8.44. The van der Waals surface area contributed by atoms with Gasteiger partial charge in [0.05, 0.1) is 0 Å². The first-order valence-electron chi connectivity index (χ1n) is 6.86. The van der Waals surface area contributed by atoms with E-state index in [1.165, 1.54) is 26.4 Å². The fourth-order valence-electron chi connectivity index (χ4n) is 1.79. The van der Waals surface area contributed by atoms with Crippen molar-refractivity contribution < 1.29 is 18.0 Å². The second-order valence-electron chi connectivity index (χ2n) is 6.11. The molecule has 0 heterocycles. The Kier molecular flexibility index (Phi) is 6.11. The molecule has 6 heteroatoms. The lowest BCUT2D eigenvalue weighted by molar-refractivity contribution is 0.233. The third-order valence-corrected chi connectivity index (χ3v) is 5.82. The van der Waals surface area contributed by atoms with E-state index in [4.69, 9.17) is 9.05 Å². The van der Waals surface area contributed by atoms with Crippen molar-refractivity contribution in [2.24, 2.45) is 5.41 Å². The Hall–Kier alpha value is -0.740. The number of halogens is 1. The van der Waals surface area contributed by atoms with Crippen molar-refractivity contribution in [3.8, 4) is 0 Å². The van der Waals surface area contributed by atoms with E-state index in [-0.39, 0.29) is 17.3 Å². The molecule has 0 bridgehead atoms. The van der Waals surface area contributed by atoms with Gasteiger partial charge in [-0.25, -0.2) is 4.39 Å². The monoisotopic (exact) mass is 317 g/mol. The van der Waals surface area contributed by atoms with Crippen LogP contribution in [0.1, 0.15) is 39.0 Å². The lowest BCUT2D eigenvalue weighted by Gasteiger charge is -2.34. The van der Waals surface area contributed by atoms with Crippen LogP contribution >= 0.6 is 7.60 Å². The van der Waals surface area contributed by atoms with Crippen LogP contribution < -0.4 is 5.32 Å². The molecule has 0 spiro atoms. The van der Waals surface area contributed by atoms with Crippen LogP contribution in [0.4, 0.5) is 4.39 Å². The topological polar surface area (TPSA) is 47.6 Å². The average molecular weight is 317 g/mol. The van der Waals surface area contributed by atoms with Gasteiger partial charge >= 0.3 is 7.60 Å². The molecule has 120 valence electrons. The van der Waals surface area contributed by atoms with Crippen LogP contribution in [0.2, 0.25) is 0 Å². The standard InChI is InChI=1S/C15H25FNO3P/c1-11(15(2,3)4)17-14(21(18,19-5)20-6)12-7-9-13(16)10-8-12/h7-11,14,17H,1-6H3/t11-,14?/m0/s1. The molecule has 0 saturated heterocycles. The normalized spacial score (nSPS) is 15.8. The summed E-state index contributed by atoms with van der Waals surface area (Å²) in [7, 11) is -0.682. The first kappa shape index (κ1) is 18.3. The molecular weight excluding hydrogens is 292 g/mol. The summed E-state index contributed by atoms with van der Waals surface area (Å²) < 4.78 is 36.2. The largest absolute Gasteiger partial charge is 0.351 e. The molecule has 1 aromatic carbocycles. The minimum Gasteiger partial charge on any atom is -0.311 e. The highest BCUT2D eigenvalue weighted by molar-refractivity contribution is 7.54. The maximum atomic E-state index is 13.1. The van der Waals surface area contributed by atoms with Gasteiger partial charge in [0.25, 0.3) is 0 Å². The van der Waals surface area contributed by atoms with Gasteiger partial charge in [0.1, 0.15) is 11.6 Å². The quantitative estimate of drug-likeness (QED) is 0.793. The smallest absolute Gasteiger partial charge is 0.311 e. The van der Waals surface area contributed by atoms with Gasteiger partial charge in [-0.3, -0.25) is 9.88 Å². The minimum absolute atomic E-state index is 0.0371. The predicted octanol–water partition coefficient (Wildman–Crippen LogP) is 4.33. The molecule has 0 radical (unpaired) electrons. The zero-order valence-electron chi connectivity index (χ0n) is 13.5.